The Morgan fingerprint density at radius 3 is 2.21 bits per heavy atom. The van der Waals surface area contributed by atoms with E-state index >= 15 is 0 Å². The monoisotopic (exact) mass is 386 g/mol. The quantitative estimate of drug-likeness (QED) is 0.822. The van der Waals surface area contributed by atoms with Gasteiger partial charge in [0.2, 0.25) is 20.0 Å². The van der Waals surface area contributed by atoms with Crippen LogP contribution in [-0.4, -0.2) is 29.1 Å². The number of nitrogens with two attached hydrogens (primary N) is 1. The fourth-order valence-electron chi connectivity index (χ4n) is 2.75. The van der Waals surface area contributed by atoms with E-state index in [1.54, 1.807) is 0 Å². The summed E-state index contributed by atoms with van der Waals surface area (Å²) >= 11 is 0. The second-order valence-electron chi connectivity index (χ2n) is 5.68. The molecule has 0 spiro atoms. The number of hydrogen-bond acceptors (Lipinski definition) is 4. The summed E-state index contributed by atoms with van der Waals surface area (Å²) in [6.07, 6.45) is -3.72. The molecule has 0 amide bonds. The second kappa shape index (κ2) is 6.62. The lowest BCUT2D eigenvalue weighted by Gasteiger charge is -2.33. The van der Waals surface area contributed by atoms with Gasteiger partial charge in [0, 0.05) is 6.04 Å². The molecule has 24 heavy (non-hydrogen) atoms. The molecule has 1 aromatic rings. The highest BCUT2D eigenvalue weighted by Crippen LogP contribution is 2.38. The predicted molar refractivity (Wildman–Crippen MR) is 79.9 cm³/mol. The van der Waals surface area contributed by atoms with Crippen molar-refractivity contribution in [2.75, 3.05) is 0 Å². The summed E-state index contributed by atoms with van der Waals surface area (Å²) < 4.78 is 88.5. The number of rotatable bonds is 4. The topological polar surface area (TPSA) is 106 Å². The van der Waals surface area contributed by atoms with Crippen molar-refractivity contribution in [2.45, 2.75) is 47.7 Å². The summed E-state index contributed by atoms with van der Waals surface area (Å²) in [5.74, 6) is -1.76. The van der Waals surface area contributed by atoms with Crippen LogP contribution < -0.4 is 9.86 Å². The Hall–Kier alpha value is -1.17. The van der Waals surface area contributed by atoms with Gasteiger partial charge in [0.25, 0.3) is 0 Å². The Morgan fingerprint density at radius 1 is 1.04 bits per heavy atom. The average Bonchev–Trinajstić information content (AvgIpc) is 2.45. The van der Waals surface area contributed by atoms with E-state index in [4.69, 9.17) is 5.14 Å². The number of nitrogens with one attached hydrogen (secondary N) is 1. The summed E-state index contributed by atoms with van der Waals surface area (Å²) in [5, 5.41) is 4.94. The molecule has 3 N–H and O–H groups in total. The van der Waals surface area contributed by atoms with Gasteiger partial charge in [-0.1, -0.05) is 18.9 Å². The smallest absolute Gasteiger partial charge is 0.225 e. The van der Waals surface area contributed by atoms with Crippen LogP contribution in [0, 0.1) is 5.92 Å². The molecule has 0 aliphatic heterocycles. The molecule has 1 aromatic carbocycles. The lowest BCUT2D eigenvalue weighted by molar-refractivity contribution is -0.187. The van der Waals surface area contributed by atoms with Gasteiger partial charge in [0.1, 0.15) is 0 Å². The van der Waals surface area contributed by atoms with Gasteiger partial charge in [0.05, 0.1) is 15.7 Å². The summed E-state index contributed by atoms with van der Waals surface area (Å²) in [4.78, 5) is -0.873. The zero-order valence-electron chi connectivity index (χ0n) is 12.5. The first-order valence-electron chi connectivity index (χ1n) is 7.13. The fraction of sp³-hybridized carbons (Fsp3) is 0.538. The normalized spacial score (nSPS) is 23.2. The molecule has 0 aromatic heterocycles. The van der Waals surface area contributed by atoms with E-state index in [1.807, 2.05) is 0 Å². The van der Waals surface area contributed by atoms with Crippen LogP contribution in [0.15, 0.2) is 34.1 Å². The van der Waals surface area contributed by atoms with E-state index < -0.39 is 48.0 Å². The SMILES string of the molecule is NS(=O)(=O)c1cccc(S(=O)(=O)N[C@H]2CCCC[C@@H]2C(F)(F)F)c1. The maximum Gasteiger partial charge on any atom is 0.393 e. The van der Waals surface area contributed by atoms with Crippen molar-refractivity contribution < 1.29 is 30.0 Å². The summed E-state index contributed by atoms with van der Waals surface area (Å²) in [5.41, 5.74) is 0. The summed E-state index contributed by atoms with van der Waals surface area (Å²) in [6.45, 7) is 0. The van der Waals surface area contributed by atoms with Crippen LogP contribution in [0.3, 0.4) is 0 Å². The third kappa shape index (κ3) is 4.47. The molecule has 0 saturated heterocycles. The van der Waals surface area contributed by atoms with Crippen molar-refractivity contribution in [3.05, 3.63) is 24.3 Å². The number of sulfonamides is 2. The highest BCUT2D eigenvalue weighted by Gasteiger charge is 2.46. The first kappa shape index (κ1) is 19.2. The standard InChI is InChI=1S/C13H17F3N2O4S2/c14-13(15,16)11-6-1-2-7-12(11)18-24(21,22)10-5-3-4-9(8-10)23(17,19)20/h3-5,8,11-12,18H,1-2,6-7H2,(H2,17,19,20)/t11-,12-/m0/s1. The number of halogens is 3. The van der Waals surface area contributed by atoms with E-state index in [0.717, 1.165) is 24.3 Å². The molecule has 0 heterocycles. The van der Waals surface area contributed by atoms with Gasteiger partial charge in [0.15, 0.2) is 0 Å². The van der Waals surface area contributed by atoms with Crippen molar-refractivity contribution in [3.63, 3.8) is 0 Å². The fourth-order valence-corrected chi connectivity index (χ4v) is 4.74. The lowest BCUT2D eigenvalue weighted by Crippen LogP contribution is -2.47. The van der Waals surface area contributed by atoms with Crippen LogP contribution in [-0.2, 0) is 20.0 Å². The molecule has 11 heteroatoms. The van der Waals surface area contributed by atoms with E-state index in [9.17, 15) is 30.0 Å². The third-order valence-electron chi connectivity index (χ3n) is 3.94. The number of hydrogen-bond donors (Lipinski definition) is 2. The Labute approximate surface area is 138 Å². The second-order valence-corrected chi connectivity index (χ2v) is 8.96. The van der Waals surface area contributed by atoms with Gasteiger partial charge in [-0.15, -0.1) is 0 Å². The number of primary sulfonamides is 1. The molecule has 1 saturated carbocycles. The molecule has 0 unspecified atom stereocenters. The van der Waals surface area contributed by atoms with Gasteiger partial charge in [-0.3, -0.25) is 0 Å². The molecule has 1 fully saturated rings. The minimum Gasteiger partial charge on any atom is -0.225 e. The highest BCUT2D eigenvalue weighted by atomic mass is 32.2. The Bertz CT molecular complexity index is 807. The van der Waals surface area contributed by atoms with Gasteiger partial charge in [-0.25, -0.2) is 26.7 Å². The zero-order valence-corrected chi connectivity index (χ0v) is 14.1. The molecular formula is C13H17F3N2O4S2. The summed E-state index contributed by atoms with van der Waals surface area (Å²) in [7, 11) is -8.43. The number of alkyl halides is 3. The van der Waals surface area contributed by atoms with Crippen molar-refractivity contribution >= 4 is 20.0 Å². The van der Waals surface area contributed by atoms with E-state index in [-0.39, 0.29) is 12.8 Å². The minimum atomic E-state index is -4.50. The molecule has 6 nitrogen and oxygen atoms in total. The van der Waals surface area contributed by atoms with Gasteiger partial charge < -0.3 is 0 Å². The van der Waals surface area contributed by atoms with Crippen LogP contribution in [0.2, 0.25) is 0 Å². The molecule has 2 atom stereocenters. The van der Waals surface area contributed by atoms with E-state index in [2.05, 4.69) is 4.72 Å². The van der Waals surface area contributed by atoms with Gasteiger partial charge >= 0.3 is 6.18 Å². The summed E-state index contributed by atoms with van der Waals surface area (Å²) in [6, 6.07) is 2.91. The molecule has 0 bridgehead atoms. The molecule has 0 radical (unpaired) electrons. The zero-order chi connectivity index (χ0) is 18.2. The van der Waals surface area contributed by atoms with Gasteiger partial charge in [-0.05, 0) is 31.0 Å². The molecule has 1 aliphatic rings. The van der Waals surface area contributed by atoms with Crippen molar-refractivity contribution in [1.82, 2.24) is 4.72 Å². The predicted octanol–water partition coefficient (Wildman–Crippen LogP) is 1.73. The van der Waals surface area contributed by atoms with Crippen molar-refractivity contribution in [2.24, 2.45) is 11.1 Å². The maximum atomic E-state index is 13.1. The lowest BCUT2D eigenvalue weighted by atomic mass is 9.85. The Balaban J connectivity index is 2.31. The first-order chi connectivity index (χ1) is 10.9. The molecule has 1 aliphatic carbocycles. The Morgan fingerprint density at radius 2 is 1.62 bits per heavy atom. The maximum absolute atomic E-state index is 13.1. The highest BCUT2D eigenvalue weighted by molar-refractivity contribution is 7.90. The van der Waals surface area contributed by atoms with E-state index in [1.165, 1.54) is 0 Å². The molecular weight excluding hydrogens is 369 g/mol. The van der Waals surface area contributed by atoms with Gasteiger partial charge in [-0.2, -0.15) is 13.2 Å². The largest absolute Gasteiger partial charge is 0.393 e. The van der Waals surface area contributed by atoms with Crippen LogP contribution in [0.4, 0.5) is 13.2 Å². The first-order valence-corrected chi connectivity index (χ1v) is 10.2. The molecule has 136 valence electrons. The Kier molecular flexibility index (Phi) is 5.28. The molecule has 2 rings (SSSR count). The van der Waals surface area contributed by atoms with Crippen LogP contribution in [0.1, 0.15) is 25.7 Å². The minimum absolute atomic E-state index is 0.0677. The third-order valence-corrected chi connectivity index (χ3v) is 6.34. The average molecular weight is 386 g/mol. The van der Waals surface area contributed by atoms with Crippen molar-refractivity contribution in [1.29, 1.82) is 0 Å². The van der Waals surface area contributed by atoms with Crippen LogP contribution >= 0.6 is 0 Å². The van der Waals surface area contributed by atoms with Crippen LogP contribution in [0.25, 0.3) is 0 Å². The van der Waals surface area contributed by atoms with E-state index in [0.29, 0.717) is 12.8 Å². The van der Waals surface area contributed by atoms with Crippen LogP contribution in [0.5, 0.6) is 0 Å². The number of benzene rings is 1. The van der Waals surface area contributed by atoms with Crippen molar-refractivity contribution in [3.8, 4) is 0 Å².